The Morgan fingerprint density at radius 3 is 2.71 bits per heavy atom. The van der Waals surface area contributed by atoms with Gasteiger partial charge in [-0.15, -0.1) is 0 Å². The Hall–Kier alpha value is -3.40. The molecule has 7 nitrogen and oxygen atoms in total. The number of carboxylic acid groups (broad SMARTS) is 1. The lowest BCUT2D eigenvalue weighted by Gasteiger charge is -2.22. The first-order valence-electron chi connectivity index (χ1n) is 11.3. The minimum absolute atomic E-state index is 0.0819. The number of nitrogens with one attached hydrogen (secondary N) is 1. The zero-order chi connectivity index (χ0) is 25.1. The number of fused-ring (bicyclic) bond motifs is 3. The number of ether oxygens (including phenoxy) is 1. The predicted octanol–water partition coefficient (Wildman–Crippen LogP) is 4.74. The molecule has 35 heavy (non-hydrogen) atoms. The van der Waals surface area contributed by atoms with E-state index in [0.29, 0.717) is 35.4 Å². The minimum Gasteiger partial charge on any atom is -0.478 e. The Labute approximate surface area is 198 Å². The number of aromatic nitrogens is 2. The molecule has 2 aromatic carbocycles. The van der Waals surface area contributed by atoms with Gasteiger partial charge in [-0.05, 0) is 50.5 Å². The number of halogens is 3. The molecule has 0 saturated carbocycles. The molecule has 1 saturated heterocycles. The lowest BCUT2D eigenvalue weighted by Crippen LogP contribution is -2.33. The number of aryl methyl sites for hydroxylation is 1. The van der Waals surface area contributed by atoms with Crippen molar-refractivity contribution in [1.82, 2.24) is 9.55 Å². The average Bonchev–Trinajstić information content (AvgIpc) is 3.40. The van der Waals surface area contributed by atoms with Crippen LogP contribution in [0.3, 0.4) is 0 Å². The van der Waals surface area contributed by atoms with Gasteiger partial charge in [-0.3, -0.25) is 9.36 Å². The highest BCUT2D eigenvalue weighted by Crippen LogP contribution is 2.50. The maximum atomic E-state index is 14.0. The number of hydrogen-bond acceptors (Lipinski definition) is 5. The van der Waals surface area contributed by atoms with Gasteiger partial charge in [0.05, 0.1) is 34.5 Å². The van der Waals surface area contributed by atoms with Crippen molar-refractivity contribution in [2.75, 3.05) is 18.5 Å². The fourth-order valence-corrected chi connectivity index (χ4v) is 5.34. The number of anilines is 1. The van der Waals surface area contributed by atoms with Gasteiger partial charge in [0.2, 0.25) is 0 Å². The lowest BCUT2D eigenvalue weighted by molar-refractivity contribution is -0.168. The number of rotatable bonds is 4. The summed E-state index contributed by atoms with van der Waals surface area (Å²) < 4.78 is 48.3. The van der Waals surface area contributed by atoms with E-state index in [1.807, 2.05) is 6.07 Å². The van der Waals surface area contributed by atoms with E-state index in [0.717, 1.165) is 4.57 Å². The summed E-state index contributed by atoms with van der Waals surface area (Å²) in [6.07, 6.45) is -4.51. The van der Waals surface area contributed by atoms with E-state index in [1.165, 1.54) is 6.07 Å². The summed E-state index contributed by atoms with van der Waals surface area (Å²) in [6, 6.07) is 7.38. The van der Waals surface area contributed by atoms with Crippen molar-refractivity contribution in [1.29, 1.82) is 0 Å². The highest BCUT2D eigenvalue weighted by Gasteiger charge is 2.57. The molecule has 10 heteroatoms. The van der Waals surface area contributed by atoms with Crippen molar-refractivity contribution in [2.24, 2.45) is 0 Å². The summed E-state index contributed by atoms with van der Waals surface area (Å²) in [5, 5.41) is 12.8. The lowest BCUT2D eigenvalue weighted by atomic mass is 9.83. The molecule has 0 amide bonds. The summed E-state index contributed by atoms with van der Waals surface area (Å²) in [5.41, 5.74) is 0.381. The summed E-state index contributed by atoms with van der Waals surface area (Å²) in [6.45, 7) is 3.94. The SMILES string of the molecule is Cc1cc([C@@H](C)Nc2ccccc2C(=O)O)c2nc3n(c(=O)c2c1)[C@@H](C(F)(F)F)C[C@]31CCOC1. The fourth-order valence-electron chi connectivity index (χ4n) is 5.34. The molecule has 1 fully saturated rings. The maximum Gasteiger partial charge on any atom is 0.409 e. The molecule has 2 aliphatic heterocycles. The van der Waals surface area contributed by atoms with E-state index < -0.39 is 35.2 Å². The van der Waals surface area contributed by atoms with Crippen LogP contribution in [0, 0.1) is 6.92 Å². The number of aromatic carboxylic acids is 1. The Morgan fingerprint density at radius 1 is 1.31 bits per heavy atom. The topological polar surface area (TPSA) is 93.5 Å². The Kier molecular flexibility index (Phi) is 5.39. The van der Waals surface area contributed by atoms with Gasteiger partial charge in [-0.2, -0.15) is 13.2 Å². The molecule has 3 heterocycles. The van der Waals surface area contributed by atoms with Crippen LogP contribution in [0.1, 0.15) is 59.2 Å². The van der Waals surface area contributed by atoms with Crippen molar-refractivity contribution < 1.29 is 27.8 Å². The standard InChI is InChI=1S/C25H24F3N3O4/c1-13-9-16(14(2)29-18-6-4-3-5-15(18)22(33)34)20-17(10-13)21(32)31-19(25(26,27)28)11-24(23(31)30-20)7-8-35-12-24/h3-6,9-10,14,19,29H,7-8,11-12H2,1-2H3,(H,33,34)/t14-,19-,24+/m1/s1. The first-order valence-corrected chi connectivity index (χ1v) is 11.3. The zero-order valence-electron chi connectivity index (χ0n) is 19.1. The van der Waals surface area contributed by atoms with Gasteiger partial charge in [-0.25, -0.2) is 9.78 Å². The number of hydrogen-bond donors (Lipinski definition) is 2. The highest BCUT2D eigenvalue weighted by molar-refractivity contribution is 5.94. The highest BCUT2D eigenvalue weighted by atomic mass is 19.4. The normalized spacial score (nSPS) is 22.5. The van der Waals surface area contributed by atoms with E-state index in [4.69, 9.17) is 9.72 Å². The molecule has 184 valence electrons. The van der Waals surface area contributed by atoms with Crippen molar-refractivity contribution in [2.45, 2.75) is 50.4 Å². The summed E-state index contributed by atoms with van der Waals surface area (Å²) >= 11 is 0. The Balaban J connectivity index is 1.70. The molecular weight excluding hydrogens is 463 g/mol. The van der Waals surface area contributed by atoms with Crippen LogP contribution >= 0.6 is 0 Å². The van der Waals surface area contributed by atoms with Crippen LogP contribution < -0.4 is 10.9 Å². The number of nitrogens with zero attached hydrogens (tertiary/aromatic N) is 2. The summed E-state index contributed by atoms with van der Waals surface area (Å²) in [4.78, 5) is 29.9. The van der Waals surface area contributed by atoms with Gasteiger partial charge in [0.25, 0.3) is 5.56 Å². The smallest absolute Gasteiger partial charge is 0.409 e. The second-order valence-electron chi connectivity index (χ2n) is 9.42. The van der Waals surface area contributed by atoms with E-state index in [9.17, 15) is 27.9 Å². The van der Waals surface area contributed by atoms with Crippen molar-refractivity contribution in [3.8, 4) is 0 Å². The van der Waals surface area contributed by atoms with Gasteiger partial charge in [-0.1, -0.05) is 18.2 Å². The maximum absolute atomic E-state index is 14.0. The Morgan fingerprint density at radius 2 is 2.06 bits per heavy atom. The first kappa shape index (κ1) is 23.3. The van der Waals surface area contributed by atoms with Crippen LogP contribution in [0.15, 0.2) is 41.2 Å². The first-order chi connectivity index (χ1) is 16.5. The van der Waals surface area contributed by atoms with E-state index in [-0.39, 0.29) is 29.8 Å². The quantitative estimate of drug-likeness (QED) is 0.552. The second-order valence-corrected chi connectivity index (χ2v) is 9.42. The molecule has 3 atom stereocenters. The van der Waals surface area contributed by atoms with Crippen LogP contribution in [0.5, 0.6) is 0 Å². The van der Waals surface area contributed by atoms with Crippen molar-refractivity contribution >= 4 is 22.6 Å². The summed E-state index contributed by atoms with van der Waals surface area (Å²) in [5.74, 6) is -0.983. The number of carboxylic acids is 1. The molecule has 5 rings (SSSR count). The van der Waals surface area contributed by atoms with Crippen molar-refractivity contribution in [3.63, 3.8) is 0 Å². The molecule has 3 aromatic rings. The fraction of sp³-hybridized carbons (Fsp3) is 0.400. The number of carbonyl (C=O) groups is 1. The Bertz CT molecular complexity index is 1390. The van der Waals surface area contributed by atoms with Crippen LogP contribution in [0.2, 0.25) is 0 Å². The average molecular weight is 487 g/mol. The largest absolute Gasteiger partial charge is 0.478 e. The van der Waals surface area contributed by atoms with Crippen molar-refractivity contribution in [3.05, 3.63) is 69.3 Å². The molecule has 2 N–H and O–H groups in total. The van der Waals surface area contributed by atoms with Crippen LogP contribution in [-0.2, 0) is 10.2 Å². The van der Waals surface area contributed by atoms with E-state index in [1.54, 1.807) is 38.1 Å². The third kappa shape index (κ3) is 3.76. The monoisotopic (exact) mass is 487 g/mol. The molecule has 1 aromatic heterocycles. The predicted molar refractivity (Wildman–Crippen MR) is 123 cm³/mol. The molecule has 0 bridgehead atoms. The number of para-hydroxylation sites is 1. The second kappa shape index (κ2) is 8.08. The van der Waals surface area contributed by atoms with Gasteiger partial charge < -0.3 is 15.2 Å². The third-order valence-corrected chi connectivity index (χ3v) is 7.03. The third-order valence-electron chi connectivity index (χ3n) is 7.03. The molecule has 0 radical (unpaired) electrons. The van der Waals surface area contributed by atoms with Gasteiger partial charge in [0.15, 0.2) is 0 Å². The molecule has 1 spiro atoms. The van der Waals surface area contributed by atoms with Crippen LogP contribution in [0.25, 0.3) is 10.9 Å². The molecule has 2 aliphatic rings. The molecule has 0 aliphatic carbocycles. The minimum atomic E-state index is -4.60. The van der Waals surface area contributed by atoms with Crippen LogP contribution in [-0.4, -0.2) is 40.0 Å². The van der Waals surface area contributed by atoms with E-state index in [2.05, 4.69) is 5.32 Å². The van der Waals surface area contributed by atoms with Crippen LogP contribution in [0.4, 0.5) is 18.9 Å². The van der Waals surface area contributed by atoms with Gasteiger partial charge in [0, 0.05) is 17.9 Å². The van der Waals surface area contributed by atoms with Gasteiger partial charge in [0.1, 0.15) is 11.9 Å². The van der Waals surface area contributed by atoms with Gasteiger partial charge >= 0.3 is 12.1 Å². The summed E-state index contributed by atoms with van der Waals surface area (Å²) in [7, 11) is 0. The number of alkyl halides is 3. The molecular formula is C25H24F3N3O4. The van der Waals surface area contributed by atoms with E-state index >= 15 is 0 Å². The number of benzene rings is 2. The molecule has 0 unspecified atom stereocenters. The zero-order valence-corrected chi connectivity index (χ0v) is 19.1.